The molecule has 2 N–H and O–H groups in total. The number of fused-ring (bicyclic) bond motifs is 2. The molecule has 0 spiro atoms. The molecule has 0 unspecified atom stereocenters. The number of sulfonamides is 1. The summed E-state index contributed by atoms with van der Waals surface area (Å²) in [6, 6.07) is 10.3. The molecule has 0 saturated heterocycles. The highest BCUT2D eigenvalue weighted by molar-refractivity contribution is 7.93. The Bertz CT molecular complexity index is 987. The van der Waals surface area contributed by atoms with Crippen molar-refractivity contribution < 1.29 is 13.0 Å². The van der Waals surface area contributed by atoms with Crippen LogP contribution in [0.25, 0.3) is 11.0 Å². The Morgan fingerprint density at radius 2 is 2.00 bits per heavy atom. The standard InChI is InChI=1S/C15H14N4O3S.ClH/c20-23(21,14-3-1-2-13-15(14)18-22-17-13)19-12-5-4-10-6-7-16-9-11(10)8-12;/h1-5,8,16,19H,6-7,9H2;1H. The number of hydrogen-bond donors (Lipinski definition) is 2. The van der Waals surface area contributed by atoms with E-state index in [1.165, 1.54) is 11.6 Å². The number of nitrogens with zero attached hydrogens (tertiary/aromatic N) is 2. The Labute approximate surface area is 144 Å². The van der Waals surface area contributed by atoms with Gasteiger partial charge >= 0.3 is 0 Å². The Morgan fingerprint density at radius 3 is 2.88 bits per heavy atom. The summed E-state index contributed by atoms with van der Waals surface area (Å²) in [5.74, 6) is 0. The van der Waals surface area contributed by atoms with E-state index in [1.54, 1.807) is 18.2 Å². The van der Waals surface area contributed by atoms with Crippen LogP contribution in [0.4, 0.5) is 5.69 Å². The highest BCUT2D eigenvalue weighted by Crippen LogP contribution is 2.24. The molecular weight excluding hydrogens is 352 g/mol. The molecule has 1 aromatic heterocycles. The fraction of sp³-hybridized carbons (Fsp3) is 0.200. The van der Waals surface area contributed by atoms with E-state index >= 15 is 0 Å². The second kappa shape index (κ2) is 6.39. The molecule has 0 aliphatic carbocycles. The fourth-order valence-corrected chi connectivity index (χ4v) is 3.95. The van der Waals surface area contributed by atoms with Crippen LogP contribution < -0.4 is 10.0 Å². The Kier molecular flexibility index (Phi) is 4.44. The smallest absolute Gasteiger partial charge is 0.264 e. The van der Waals surface area contributed by atoms with Crippen LogP contribution in [0.15, 0.2) is 45.9 Å². The molecule has 0 bridgehead atoms. The summed E-state index contributed by atoms with van der Waals surface area (Å²) in [6.07, 6.45) is 0.951. The molecule has 3 aromatic rings. The van der Waals surface area contributed by atoms with Gasteiger partial charge in [0.1, 0.15) is 10.4 Å². The number of benzene rings is 2. The van der Waals surface area contributed by atoms with Gasteiger partial charge in [-0.15, -0.1) is 12.4 Å². The molecule has 1 aliphatic rings. The van der Waals surface area contributed by atoms with Crippen molar-refractivity contribution in [2.24, 2.45) is 0 Å². The van der Waals surface area contributed by atoms with Crippen molar-refractivity contribution in [3.05, 3.63) is 47.5 Å². The molecule has 2 heterocycles. The molecule has 2 aromatic carbocycles. The first-order chi connectivity index (χ1) is 11.1. The van der Waals surface area contributed by atoms with Gasteiger partial charge < -0.3 is 5.32 Å². The van der Waals surface area contributed by atoms with Gasteiger partial charge in [0.05, 0.1) is 0 Å². The first kappa shape index (κ1) is 16.7. The van der Waals surface area contributed by atoms with Crippen LogP contribution in [0.3, 0.4) is 0 Å². The van der Waals surface area contributed by atoms with E-state index < -0.39 is 10.0 Å². The molecule has 4 rings (SSSR count). The molecular formula is C15H15ClN4O3S. The number of anilines is 1. The lowest BCUT2D eigenvalue weighted by molar-refractivity contribution is 0.315. The lowest BCUT2D eigenvalue weighted by Crippen LogP contribution is -2.23. The average Bonchev–Trinajstić information content (AvgIpc) is 3.02. The van der Waals surface area contributed by atoms with E-state index in [0.717, 1.165) is 25.1 Å². The van der Waals surface area contributed by atoms with E-state index in [2.05, 4.69) is 25.0 Å². The largest absolute Gasteiger partial charge is 0.312 e. The Balaban J connectivity index is 0.00000169. The Hall–Kier alpha value is -2.16. The quantitative estimate of drug-likeness (QED) is 0.736. The van der Waals surface area contributed by atoms with Crippen LogP contribution in [-0.4, -0.2) is 25.3 Å². The molecule has 7 nitrogen and oxygen atoms in total. The van der Waals surface area contributed by atoms with Crippen LogP contribution in [0.1, 0.15) is 11.1 Å². The van der Waals surface area contributed by atoms with Crippen LogP contribution in [0, 0.1) is 0 Å². The molecule has 0 atom stereocenters. The zero-order chi connectivity index (χ0) is 15.9. The lowest BCUT2D eigenvalue weighted by atomic mass is 10.0. The molecule has 0 saturated carbocycles. The average molecular weight is 367 g/mol. The van der Waals surface area contributed by atoms with E-state index in [4.69, 9.17) is 0 Å². The molecule has 0 fully saturated rings. The highest BCUT2D eigenvalue weighted by atomic mass is 35.5. The maximum absolute atomic E-state index is 12.6. The number of aromatic nitrogens is 2. The summed E-state index contributed by atoms with van der Waals surface area (Å²) in [5.41, 5.74) is 3.51. The highest BCUT2D eigenvalue weighted by Gasteiger charge is 2.21. The van der Waals surface area contributed by atoms with Gasteiger partial charge in [-0.05, 0) is 58.7 Å². The van der Waals surface area contributed by atoms with Crippen molar-refractivity contribution in [1.82, 2.24) is 15.6 Å². The van der Waals surface area contributed by atoms with Gasteiger partial charge in [-0.1, -0.05) is 12.1 Å². The van der Waals surface area contributed by atoms with Gasteiger partial charge in [0.15, 0.2) is 5.52 Å². The third-order valence-electron chi connectivity index (χ3n) is 3.88. The summed E-state index contributed by atoms with van der Waals surface area (Å²) in [5, 5.41) is 10.6. The molecule has 0 amide bonds. The fourth-order valence-electron chi connectivity index (χ4n) is 2.75. The minimum atomic E-state index is -3.77. The molecule has 9 heteroatoms. The van der Waals surface area contributed by atoms with E-state index in [0.29, 0.717) is 11.2 Å². The summed E-state index contributed by atoms with van der Waals surface area (Å²) in [7, 11) is -3.77. The van der Waals surface area contributed by atoms with Crippen molar-refractivity contribution in [3.8, 4) is 0 Å². The van der Waals surface area contributed by atoms with Crippen molar-refractivity contribution >= 4 is 39.2 Å². The second-order valence-corrected chi connectivity index (χ2v) is 7.05. The number of hydrogen-bond acceptors (Lipinski definition) is 6. The van der Waals surface area contributed by atoms with Crippen molar-refractivity contribution in [2.75, 3.05) is 11.3 Å². The van der Waals surface area contributed by atoms with Crippen molar-refractivity contribution in [2.45, 2.75) is 17.9 Å². The first-order valence-electron chi connectivity index (χ1n) is 7.20. The van der Waals surface area contributed by atoms with E-state index in [-0.39, 0.29) is 22.8 Å². The number of rotatable bonds is 3. The number of halogens is 1. The van der Waals surface area contributed by atoms with Gasteiger partial charge in [0, 0.05) is 12.2 Å². The number of nitrogens with one attached hydrogen (secondary N) is 2. The van der Waals surface area contributed by atoms with E-state index in [1.807, 2.05) is 12.1 Å². The predicted molar refractivity (Wildman–Crippen MR) is 91.7 cm³/mol. The van der Waals surface area contributed by atoms with Gasteiger partial charge in [-0.3, -0.25) is 4.72 Å². The molecule has 0 radical (unpaired) electrons. The third kappa shape index (κ3) is 2.95. The summed E-state index contributed by atoms with van der Waals surface area (Å²) < 4.78 is 32.5. The van der Waals surface area contributed by atoms with E-state index in [9.17, 15) is 8.42 Å². The summed E-state index contributed by atoms with van der Waals surface area (Å²) >= 11 is 0. The van der Waals surface area contributed by atoms with Crippen LogP contribution in [0.5, 0.6) is 0 Å². The predicted octanol–water partition coefficient (Wildman–Crippen LogP) is 2.09. The first-order valence-corrected chi connectivity index (χ1v) is 8.68. The normalized spacial score (nSPS) is 14.0. The summed E-state index contributed by atoms with van der Waals surface area (Å²) in [4.78, 5) is 0.0482. The molecule has 1 aliphatic heterocycles. The zero-order valence-corrected chi connectivity index (χ0v) is 14.2. The zero-order valence-electron chi connectivity index (χ0n) is 12.5. The lowest BCUT2D eigenvalue weighted by Gasteiger charge is -2.18. The Morgan fingerprint density at radius 1 is 1.12 bits per heavy atom. The van der Waals surface area contributed by atoms with Gasteiger partial charge in [-0.25, -0.2) is 13.0 Å². The van der Waals surface area contributed by atoms with Crippen LogP contribution in [-0.2, 0) is 23.0 Å². The van der Waals surface area contributed by atoms with Crippen LogP contribution >= 0.6 is 12.4 Å². The monoisotopic (exact) mass is 366 g/mol. The minimum Gasteiger partial charge on any atom is -0.312 e. The maximum Gasteiger partial charge on any atom is 0.264 e. The van der Waals surface area contributed by atoms with Gasteiger partial charge in [0.25, 0.3) is 10.0 Å². The van der Waals surface area contributed by atoms with Crippen molar-refractivity contribution in [1.29, 1.82) is 0 Å². The summed E-state index contributed by atoms with van der Waals surface area (Å²) in [6.45, 7) is 1.69. The third-order valence-corrected chi connectivity index (χ3v) is 5.30. The van der Waals surface area contributed by atoms with Crippen molar-refractivity contribution in [3.63, 3.8) is 0 Å². The topological polar surface area (TPSA) is 97.1 Å². The molecule has 24 heavy (non-hydrogen) atoms. The molecule has 126 valence electrons. The van der Waals surface area contributed by atoms with Gasteiger partial charge in [0.2, 0.25) is 0 Å². The minimum absolute atomic E-state index is 0. The second-order valence-electron chi connectivity index (χ2n) is 5.40. The SMILES string of the molecule is Cl.O=S(=O)(Nc1ccc2c(c1)CNCC2)c1cccc2nonc12. The maximum atomic E-state index is 12.6. The van der Waals surface area contributed by atoms with Crippen LogP contribution in [0.2, 0.25) is 0 Å². The van der Waals surface area contributed by atoms with Gasteiger partial charge in [-0.2, -0.15) is 0 Å².